The lowest BCUT2D eigenvalue weighted by atomic mass is 10.1. The van der Waals surface area contributed by atoms with E-state index in [1.54, 1.807) is 28.4 Å². The van der Waals surface area contributed by atoms with E-state index in [9.17, 15) is 4.79 Å². The fourth-order valence-corrected chi connectivity index (χ4v) is 2.86. The number of nitrogens with one attached hydrogen (secondary N) is 3. The van der Waals surface area contributed by atoms with Crippen molar-refractivity contribution in [3.8, 4) is 17.2 Å². The number of amides is 1. The van der Waals surface area contributed by atoms with E-state index < -0.39 is 0 Å². The van der Waals surface area contributed by atoms with Gasteiger partial charge in [-0.2, -0.15) is 0 Å². The Bertz CT molecular complexity index is 822. The van der Waals surface area contributed by atoms with E-state index in [0.29, 0.717) is 36.3 Å². The first-order valence-corrected chi connectivity index (χ1v) is 9.65. The molecule has 8 nitrogen and oxygen atoms in total. The summed E-state index contributed by atoms with van der Waals surface area (Å²) in [4.78, 5) is 16.2. The van der Waals surface area contributed by atoms with Crippen LogP contribution in [0.4, 0.5) is 0 Å². The van der Waals surface area contributed by atoms with Gasteiger partial charge in [-0.1, -0.05) is 30.3 Å². The number of ether oxygens (including phenoxy) is 3. The fraction of sp³-hybridized carbons (Fsp3) is 0.364. The average Bonchev–Trinajstić information content (AvgIpc) is 2.79. The Hall–Kier alpha value is -2.69. The van der Waals surface area contributed by atoms with E-state index in [4.69, 9.17) is 14.2 Å². The van der Waals surface area contributed by atoms with Crippen LogP contribution in [-0.4, -0.2) is 53.3 Å². The SMILES string of the molecule is CN=C(NCC(=O)NCCc1ccccc1)NCc1cc(OC)c(OC)c(OC)c1.I. The molecule has 0 saturated heterocycles. The summed E-state index contributed by atoms with van der Waals surface area (Å²) in [6.07, 6.45) is 0.792. The molecule has 1 amide bonds. The molecular weight excluding hydrogens is 511 g/mol. The van der Waals surface area contributed by atoms with Crippen LogP contribution in [0.5, 0.6) is 17.2 Å². The van der Waals surface area contributed by atoms with Crippen LogP contribution in [0.1, 0.15) is 11.1 Å². The molecule has 3 N–H and O–H groups in total. The van der Waals surface area contributed by atoms with Crippen molar-refractivity contribution in [1.82, 2.24) is 16.0 Å². The summed E-state index contributed by atoms with van der Waals surface area (Å²) in [5, 5.41) is 9.07. The lowest BCUT2D eigenvalue weighted by Gasteiger charge is -2.16. The molecule has 0 heterocycles. The Labute approximate surface area is 200 Å². The Kier molecular flexibility index (Phi) is 12.2. The van der Waals surface area contributed by atoms with E-state index >= 15 is 0 Å². The molecule has 31 heavy (non-hydrogen) atoms. The number of hydrogen-bond donors (Lipinski definition) is 3. The first-order valence-electron chi connectivity index (χ1n) is 9.65. The van der Waals surface area contributed by atoms with Crippen LogP contribution in [-0.2, 0) is 17.8 Å². The van der Waals surface area contributed by atoms with Crippen LogP contribution in [0.15, 0.2) is 47.5 Å². The minimum absolute atomic E-state index is 0. The van der Waals surface area contributed by atoms with Crippen LogP contribution in [0, 0.1) is 0 Å². The molecule has 0 saturated carbocycles. The van der Waals surface area contributed by atoms with Crippen molar-refractivity contribution in [1.29, 1.82) is 0 Å². The minimum Gasteiger partial charge on any atom is -0.493 e. The Balaban J connectivity index is 0.00000480. The highest BCUT2D eigenvalue weighted by Gasteiger charge is 2.13. The third-order valence-corrected chi connectivity index (χ3v) is 4.40. The number of aliphatic imine (C=N–C) groups is 1. The summed E-state index contributed by atoms with van der Waals surface area (Å²) in [6, 6.07) is 13.8. The van der Waals surface area contributed by atoms with Gasteiger partial charge in [-0.25, -0.2) is 0 Å². The van der Waals surface area contributed by atoms with E-state index in [1.165, 1.54) is 5.56 Å². The Morgan fingerprint density at radius 2 is 1.55 bits per heavy atom. The second kappa shape index (κ2) is 14.3. The van der Waals surface area contributed by atoms with E-state index in [0.717, 1.165) is 12.0 Å². The molecule has 0 spiro atoms. The van der Waals surface area contributed by atoms with Crippen LogP contribution < -0.4 is 30.2 Å². The highest BCUT2D eigenvalue weighted by molar-refractivity contribution is 14.0. The molecule has 0 unspecified atom stereocenters. The van der Waals surface area contributed by atoms with Gasteiger partial charge in [-0.05, 0) is 29.7 Å². The van der Waals surface area contributed by atoms with Crippen molar-refractivity contribution in [3.63, 3.8) is 0 Å². The normalized spacial score (nSPS) is 10.5. The average molecular weight is 542 g/mol. The van der Waals surface area contributed by atoms with Crippen LogP contribution >= 0.6 is 24.0 Å². The highest BCUT2D eigenvalue weighted by Crippen LogP contribution is 2.38. The number of hydrogen-bond acceptors (Lipinski definition) is 5. The summed E-state index contributed by atoms with van der Waals surface area (Å²) in [7, 11) is 6.36. The van der Waals surface area contributed by atoms with Crippen LogP contribution in [0.25, 0.3) is 0 Å². The number of rotatable bonds is 10. The topological polar surface area (TPSA) is 93.2 Å². The maximum atomic E-state index is 12.1. The fourth-order valence-electron chi connectivity index (χ4n) is 2.86. The van der Waals surface area contributed by atoms with Crippen molar-refractivity contribution in [2.24, 2.45) is 4.99 Å². The number of benzene rings is 2. The highest BCUT2D eigenvalue weighted by atomic mass is 127. The third-order valence-electron chi connectivity index (χ3n) is 4.40. The van der Waals surface area contributed by atoms with Crippen LogP contribution in [0.3, 0.4) is 0 Å². The van der Waals surface area contributed by atoms with Gasteiger partial charge in [0.25, 0.3) is 0 Å². The number of halogens is 1. The first kappa shape index (κ1) is 26.3. The summed E-state index contributed by atoms with van der Waals surface area (Å²) in [5.41, 5.74) is 2.10. The van der Waals surface area contributed by atoms with Gasteiger partial charge in [0, 0.05) is 20.1 Å². The maximum Gasteiger partial charge on any atom is 0.239 e. The van der Waals surface area contributed by atoms with Gasteiger partial charge in [0.2, 0.25) is 11.7 Å². The van der Waals surface area contributed by atoms with E-state index in [1.807, 2.05) is 42.5 Å². The van der Waals surface area contributed by atoms with Crippen molar-refractivity contribution < 1.29 is 19.0 Å². The Morgan fingerprint density at radius 3 is 2.10 bits per heavy atom. The maximum absolute atomic E-state index is 12.1. The molecule has 0 fully saturated rings. The van der Waals surface area contributed by atoms with Gasteiger partial charge in [0.15, 0.2) is 17.5 Å². The summed E-state index contributed by atoms with van der Waals surface area (Å²) in [6.45, 7) is 1.18. The van der Waals surface area contributed by atoms with E-state index in [-0.39, 0.29) is 36.4 Å². The molecule has 0 aliphatic carbocycles. The molecule has 0 atom stereocenters. The largest absolute Gasteiger partial charge is 0.493 e. The zero-order valence-corrected chi connectivity index (χ0v) is 20.7. The number of carbonyl (C=O) groups excluding carboxylic acids is 1. The Morgan fingerprint density at radius 1 is 0.903 bits per heavy atom. The molecule has 2 rings (SSSR count). The summed E-state index contributed by atoms with van der Waals surface area (Å²) >= 11 is 0. The molecule has 2 aromatic carbocycles. The first-order chi connectivity index (χ1) is 14.6. The molecule has 0 radical (unpaired) electrons. The monoisotopic (exact) mass is 542 g/mol. The molecular formula is C22H31IN4O4. The summed E-state index contributed by atoms with van der Waals surface area (Å²) < 4.78 is 16.1. The molecule has 9 heteroatoms. The zero-order valence-electron chi connectivity index (χ0n) is 18.4. The standard InChI is InChI=1S/C22H30N4O4.HI/c1-23-22(26-15-20(27)24-11-10-16-8-6-5-7-9-16)25-14-17-12-18(28-2)21(30-4)19(13-17)29-3;/h5-9,12-13H,10-11,14-15H2,1-4H3,(H,24,27)(H2,23,25,26);1H. The zero-order chi connectivity index (χ0) is 21.8. The lowest BCUT2D eigenvalue weighted by molar-refractivity contribution is -0.119. The molecule has 0 bridgehead atoms. The number of guanidine groups is 1. The van der Waals surface area contributed by atoms with Crippen LogP contribution in [0.2, 0.25) is 0 Å². The number of methoxy groups -OCH3 is 3. The predicted molar refractivity (Wildman–Crippen MR) is 133 cm³/mol. The number of nitrogens with zero attached hydrogens (tertiary/aromatic N) is 1. The summed E-state index contributed by atoms with van der Waals surface area (Å²) in [5.74, 6) is 2.12. The van der Waals surface area contributed by atoms with Crippen molar-refractivity contribution in [3.05, 3.63) is 53.6 Å². The molecule has 0 aliphatic heterocycles. The second-order valence-corrected chi connectivity index (χ2v) is 6.40. The predicted octanol–water partition coefficient (Wildman–Crippen LogP) is 2.35. The van der Waals surface area contributed by atoms with Gasteiger partial charge < -0.3 is 30.2 Å². The van der Waals surface area contributed by atoms with Crippen molar-refractivity contribution >= 4 is 35.8 Å². The van der Waals surface area contributed by atoms with Crippen molar-refractivity contribution in [2.45, 2.75) is 13.0 Å². The molecule has 0 aromatic heterocycles. The number of carbonyl (C=O) groups is 1. The smallest absolute Gasteiger partial charge is 0.239 e. The van der Waals surface area contributed by atoms with Gasteiger partial charge in [0.05, 0.1) is 27.9 Å². The molecule has 2 aromatic rings. The van der Waals surface area contributed by atoms with Gasteiger partial charge in [-0.15, -0.1) is 24.0 Å². The van der Waals surface area contributed by atoms with Crippen molar-refractivity contribution in [2.75, 3.05) is 41.5 Å². The van der Waals surface area contributed by atoms with Gasteiger partial charge in [0.1, 0.15) is 0 Å². The molecule has 170 valence electrons. The van der Waals surface area contributed by atoms with E-state index in [2.05, 4.69) is 20.9 Å². The lowest BCUT2D eigenvalue weighted by Crippen LogP contribution is -2.43. The minimum atomic E-state index is -0.0957. The second-order valence-electron chi connectivity index (χ2n) is 6.40. The quantitative estimate of drug-likeness (QED) is 0.243. The molecule has 0 aliphatic rings. The van der Waals surface area contributed by atoms with Gasteiger partial charge >= 0.3 is 0 Å². The third kappa shape index (κ3) is 8.52. The van der Waals surface area contributed by atoms with Gasteiger partial charge in [-0.3, -0.25) is 9.79 Å².